The van der Waals surface area contributed by atoms with Crippen molar-refractivity contribution in [3.63, 3.8) is 0 Å². The van der Waals surface area contributed by atoms with Crippen LogP contribution < -0.4 is 11.3 Å². The second-order valence-electron chi connectivity index (χ2n) is 4.69. The summed E-state index contributed by atoms with van der Waals surface area (Å²) >= 11 is 9.17. The molecule has 0 spiro atoms. The van der Waals surface area contributed by atoms with Crippen LogP contribution in [0.3, 0.4) is 0 Å². The largest absolute Gasteiger partial charge is 0.271 e. The van der Waals surface area contributed by atoms with E-state index >= 15 is 0 Å². The standard InChI is InChI=1S/C13H15BrClFN4/c1-7(2)20-13(9(14)6-18-20)12(19-17)8-3-4-10(15)11(16)5-8/h3-7,12,19H,17H2,1-2H3. The normalized spacial score (nSPS) is 12.9. The summed E-state index contributed by atoms with van der Waals surface area (Å²) in [6.07, 6.45) is 1.70. The van der Waals surface area contributed by atoms with Gasteiger partial charge >= 0.3 is 0 Å². The predicted octanol–water partition coefficient (Wildman–Crippen LogP) is 3.57. The van der Waals surface area contributed by atoms with Gasteiger partial charge in [0.1, 0.15) is 5.82 Å². The lowest BCUT2D eigenvalue weighted by Gasteiger charge is -2.21. The molecule has 7 heteroatoms. The van der Waals surface area contributed by atoms with Crippen molar-refractivity contribution in [2.24, 2.45) is 5.84 Å². The number of benzene rings is 1. The average Bonchev–Trinajstić information content (AvgIpc) is 2.77. The van der Waals surface area contributed by atoms with Gasteiger partial charge in [-0.1, -0.05) is 17.7 Å². The van der Waals surface area contributed by atoms with Gasteiger partial charge in [0.15, 0.2) is 0 Å². The van der Waals surface area contributed by atoms with E-state index in [1.165, 1.54) is 12.1 Å². The van der Waals surface area contributed by atoms with Crippen LogP contribution in [-0.4, -0.2) is 9.78 Å². The summed E-state index contributed by atoms with van der Waals surface area (Å²) < 4.78 is 16.3. The molecule has 0 aliphatic heterocycles. The molecule has 0 amide bonds. The lowest BCUT2D eigenvalue weighted by molar-refractivity contribution is 0.474. The first-order chi connectivity index (χ1) is 9.45. The molecule has 0 saturated heterocycles. The third kappa shape index (κ3) is 2.88. The minimum atomic E-state index is -0.476. The van der Waals surface area contributed by atoms with Gasteiger partial charge in [-0.15, -0.1) is 0 Å². The summed E-state index contributed by atoms with van der Waals surface area (Å²) in [5.41, 5.74) is 4.22. The van der Waals surface area contributed by atoms with Crippen LogP contribution in [0.25, 0.3) is 0 Å². The Labute approximate surface area is 130 Å². The van der Waals surface area contributed by atoms with Crippen LogP contribution in [0.5, 0.6) is 0 Å². The molecule has 0 fully saturated rings. The Morgan fingerprint density at radius 2 is 2.15 bits per heavy atom. The van der Waals surface area contributed by atoms with Crippen LogP contribution in [0, 0.1) is 5.82 Å². The number of rotatable bonds is 4. The number of nitrogens with one attached hydrogen (secondary N) is 1. The molecule has 1 heterocycles. The van der Waals surface area contributed by atoms with Gasteiger partial charge < -0.3 is 0 Å². The number of aromatic nitrogens is 2. The van der Waals surface area contributed by atoms with E-state index in [0.29, 0.717) is 5.56 Å². The molecule has 0 saturated carbocycles. The minimum absolute atomic E-state index is 0.0842. The number of nitrogens with two attached hydrogens (primary N) is 1. The van der Waals surface area contributed by atoms with Gasteiger partial charge in [0.05, 0.1) is 27.4 Å². The van der Waals surface area contributed by atoms with Gasteiger partial charge in [-0.3, -0.25) is 10.5 Å². The van der Waals surface area contributed by atoms with Gasteiger partial charge in [0, 0.05) is 6.04 Å². The first-order valence-electron chi connectivity index (χ1n) is 6.09. The van der Waals surface area contributed by atoms with Gasteiger partial charge in [-0.2, -0.15) is 5.10 Å². The molecule has 2 aromatic rings. The quantitative estimate of drug-likeness (QED) is 0.646. The summed E-state index contributed by atoms with van der Waals surface area (Å²) in [6, 6.07) is 4.39. The third-order valence-electron chi connectivity index (χ3n) is 2.99. The zero-order valence-electron chi connectivity index (χ0n) is 11.1. The van der Waals surface area contributed by atoms with Crippen LogP contribution in [-0.2, 0) is 0 Å². The zero-order chi connectivity index (χ0) is 14.9. The molecular weight excluding hydrogens is 347 g/mol. The fourth-order valence-corrected chi connectivity index (χ4v) is 2.68. The lowest BCUT2D eigenvalue weighted by atomic mass is 10.0. The fraction of sp³-hybridized carbons (Fsp3) is 0.308. The number of hydrogen-bond donors (Lipinski definition) is 2. The smallest absolute Gasteiger partial charge is 0.142 e. The van der Waals surface area contributed by atoms with E-state index < -0.39 is 5.82 Å². The van der Waals surface area contributed by atoms with Gasteiger partial charge in [0.2, 0.25) is 0 Å². The molecule has 2 rings (SSSR count). The minimum Gasteiger partial charge on any atom is -0.271 e. The van der Waals surface area contributed by atoms with E-state index in [9.17, 15) is 4.39 Å². The molecule has 3 N–H and O–H groups in total. The summed E-state index contributed by atoms with van der Waals surface area (Å²) in [6.45, 7) is 4.03. The Morgan fingerprint density at radius 1 is 1.45 bits per heavy atom. The fourth-order valence-electron chi connectivity index (χ4n) is 2.06. The molecule has 1 atom stereocenters. The van der Waals surface area contributed by atoms with Crippen LogP contribution in [0.2, 0.25) is 5.02 Å². The molecule has 1 aromatic carbocycles. The van der Waals surface area contributed by atoms with E-state index in [-0.39, 0.29) is 17.1 Å². The van der Waals surface area contributed by atoms with E-state index in [2.05, 4.69) is 26.5 Å². The highest BCUT2D eigenvalue weighted by Gasteiger charge is 2.22. The summed E-state index contributed by atoms with van der Waals surface area (Å²) in [7, 11) is 0. The van der Waals surface area contributed by atoms with Crippen molar-refractivity contribution in [2.75, 3.05) is 0 Å². The summed E-state index contributed by atoms with van der Waals surface area (Å²) in [5, 5.41) is 4.39. The van der Waals surface area contributed by atoms with Crippen molar-refractivity contribution in [3.8, 4) is 0 Å². The number of hydrazine groups is 1. The Bertz CT molecular complexity index is 614. The Morgan fingerprint density at radius 3 is 2.70 bits per heavy atom. The molecule has 20 heavy (non-hydrogen) atoms. The van der Waals surface area contributed by atoms with Crippen molar-refractivity contribution in [2.45, 2.75) is 25.9 Å². The van der Waals surface area contributed by atoms with Crippen LogP contribution in [0.1, 0.15) is 37.2 Å². The topological polar surface area (TPSA) is 55.9 Å². The molecule has 108 valence electrons. The SMILES string of the molecule is CC(C)n1ncc(Br)c1C(NN)c1ccc(Cl)c(F)c1. The van der Waals surface area contributed by atoms with Gasteiger partial charge in [0.25, 0.3) is 0 Å². The van der Waals surface area contributed by atoms with Gasteiger partial charge in [-0.25, -0.2) is 9.82 Å². The maximum Gasteiger partial charge on any atom is 0.142 e. The molecular formula is C13H15BrClFN4. The van der Waals surface area contributed by atoms with E-state index in [1.807, 2.05) is 18.5 Å². The molecule has 0 aliphatic rings. The van der Waals surface area contributed by atoms with Crippen molar-refractivity contribution in [1.82, 2.24) is 15.2 Å². The van der Waals surface area contributed by atoms with E-state index in [4.69, 9.17) is 17.4 Å². The molecule has 1 aromatic heterocycles. The highest BCUT2D eigenvalue weighted by Crippen LogP contribution is 2.31. The van der Waals surface area contributed by atoms with Crippen molar-refractivity contribution in [3.05, 3.63) is 51.0 Å². The van der Waals surface area contributed by atoms with Crippen molar-refractivity contribution < 1.29 is 4.39 Å². The Kier molecular flexibility index (Phi) is 4.80. The number of nitrogens with zero attached hydrogens (tertiary/aromatic N) is 2. The summed E-state index contributed by atoms with van der Waals surface area (Å²) in [5.74, 6) is 5.18. The lowest BCUT2D eigenvalue weighted by Crippen LogP contribution is -2.31. The molecule has 0 aliphatic carbocycles. The van der Waals surface area contributed by atoms with Crippen LogP contribution in [0.15, 0.2) is 28.9 Å². The number of hydrogen-bond acceptors (Lipinski definition) is 3. The van der Waals surface area contributed by atoms with E-state index in [0.717, 1.165) is 10.2 Å². The van der Waals surface area contributed by atoms with E-state index in [1.54, 1.807) is 12.3 Å². The second kappa shape index (κ2) is 6.22. The molecule has 4 nitrogen and oxygen atoms in total. The highest BCUT2D eigenvalue weighted by molar-refractivity contribution is 9.10. The highest BCUT2D eigenvalue weighted by atomic mass is 79.9. The third-order valence-corrected chi connectivity index (χ3v) is 3.91. The zero-order valence-corrected chi connectivity index (χ0v) is 13.4. The molecule has 0 radical (unpaired) electrons. The molecule has 1 unspecified atom stereocenters. The van der Waals surface area contributed by atoms with Crippen molar-refractivity contribution in [1.29, 1.82) is 0 Å². The summed E-state index contributed by atoms with van der Waals surface area (Å²) in [4.78, 5) is 0. The number of halogens is 3. The predicted molar refractivity (Wildman–Crippen MR) is 80.9 cm³/mol. The van der Waals surface area contributed by atoms with Crippen LogP contribution >= 0.6 is 27.5 Å². The maximum absolute atomic E-state index is 13.6. The van der Waals surface area contributed by atoms with Gasteiger partial charge in [-0.05, 0) is 47.5 Å². The second-order valence-corrected chi connectivity index (χ2v) is 5.95. The Hall–Kier alpha value is -0.950. The maximum atomic E-state index is 13.6. The first kappa shape index (κ1) is 15.4. The van der Waals surface area contributed by atoms with Crippen LogP contribution in [0.4, 0.5) is 4.39 Å². The monoisotopic (exact) mass is 360 g/mol. The Balaban J connectivity index is 2.52. The van der Waals surface area contributed by atoms with Crippen molar-refractivity contribution >= 4 is 27.5 Å². The average molecular weight is 362 g/mol. The first-order valence-corrected chi connectivity index (χ1v) is 7.26. The molecule has 0 bridgehead atoms.